The molecular formula is C20H15FN2O2S. The Morgan fingerprint density at radius 1 is 1.12 bits per heavy atom. The van der Waals surface area contributed by atoms with Crippen molar-refractivity contribution in [1.29, 1.82) is 0 Å². The Kier molecular flexibility index (Phi) is 4.26. The van der Waals surface area contributed by atoms with Crippen LogP contribution in [-0.4, -0.2) is 22.3 Å². The van der Waals surface area contributed by atoms with E-state index in [0.717, 1.165) is 28.3 Å². The molecule has 2 aromatic carbocycles. The molecule has 0 fully saturated rings. The van der Waals surface area contributed by atoms with Crippen LogP contribution in [-0.2, 0) is 0 Å². The quantitative estimate of drug-likeness (QED) is 0.463. The molecule has 6 heteroatoms. The molecule has 0 aliphatic carbocycles. The van der Waals surface area contributed by atoms with Gasteiger partial charge in [0.15, 0.2) is 11.2 Å². The fourth-order valence-electron chi connectivity index (χ4n) is 2.90. The molecule has 0 saturated heterocycles. The summed E-state index contributed by atoms with van der Waals surface area (Å²) in [7, 11) is 0. The zero-order valence-corrected chi connectivity index (χ0v) is 14.8. The molecule has 0 bridgehead atoms. The number of hydrogen-bond donors (Lipinski definition) is 0. The third-order valence-electron chi connectivity index (χ3n) is 4.09. The molecule has 130 valence electrons. The highest BCUT2D eigenvalue weighted by Gasteiger charge is 2.18. The summed E-state index contributed by atoms with van der Waals surface area (Å²) >= 11 is 1.46. The van der Waals surface area contributed by atoms with Gasteiger partial charge in [-0.2, -0.15) is 0 Å². The van der Waals surface area contributed by atoms with Crippen molar-refractivity contribution in [3.63, 3.8) is 0 Å². The standard InChI is InChI=1S/C20H15FN2O2S/c1-2-25-16-9-5-13(6-10-16)18-12-26-20-22-19(17(11-24)23(18)20)14-3-7-15(21)8-4-14/h3-12H,2H2,1H3. The van der Waals surface area contributed by atoms with Crippen LogP contribution in [0.25, 0.3) is 27.5 Å². The molecule has 0 N–H and O–H groups in total. The second kappa shape index (κ2) is 6.72. The van der Waals surface area contributed by atoms with Gasteiger partial charge in [-0.15, -0.1) is 11.3 Å². The third kappa shape index (κ3) is 2.78. The van der Waals surface area contributed by atoms with Gasteiger partial charge in [-0.05, 0) is 61.0 Å². The molecule has 26 heavy (non-hydrogen) atoms. The summed E-state index contributed by atoms with van der Waals surface area (Å²) in [6.07, 6.45) is 0.795. The highest BCUT2D eigenvalue weighted by molar-refractivity contribution is 7.15. The van der Waals surface area contributed by atoms with Crippen LogP contribution in [0.1, 0.15) is 17.4 Å². The molecule has 2 aromatic heterocycles. The van der Waals surface area contributed by atoms with Gasteiger partial charge in [-0.25, -0.2) is 9.37 Å². The number of carbonyl (C=O) groups excluding carboxylic acids is 1. The summed E-state index contributed by atoms with van der Waals surface area (Å²) in [6, 6.07) is 13.7. The van der Waals surface area contributed by atoms with Crippen LogP contribution < -0.4 is 4.74 Å². The van der Waals surface area contributed by atoms with Crippen molar-refractivity contribution in [1.82, 2.24) is 9.38 Å². The van der Waals surface area contributed by atoms with Crippen molar-refractivity contribution in [2.75, 3.05) is 6.61 Å². The van der Waals surface area contributed by atoms with Crippen molar-refractivity contribution in [3.05, 3.63) is 65.4 Å². The van der Waals surface area contributed by atoms with E-state index in [9.17, 15) is 9.18 Å². The van der Waals surface area contributed by atoms with Gasteiger partial charge in [0.25, 0.3) is 0 Å². The molecule has 0 atom stereocenters. The molecule has 0 spiro atoms. The average Bonchev–Trinajstić information content (AvgIpc) is 3.22. The van der Waals surface area contributed by atoms with E-state index >= 15 is 0 Å². The van der Waals surface area contributed by atoms with Gasteiger partial charge in [0.2, 0.25) is 0 Å². The second-order valence-electron chi connectivity index (χ2n) is 5.67. The van der Waals surface area contributed by atoms with Crippen LogP contribution in [0.4, 0.5) is 4.39 Å². The van der Waals surface area contributed by atoms with Crippen molar-refractivity contribution >= 4 is 22.6 Å². The Labute approximate surface area is 153 Å². The van der Waals surface area contributed by atoms with Gasteiger partial charge in [0.05, 0.1) is 12.3 Å². The number of ether oxygens (including phenoxy) is 1. The smallest absolute Gasteiger partial charge is 0.195 e. The molecule has 0 radical (unpaired) electrons. The highest BCUT2D eigenvalue weighted by Crippen LogP contribution is 2.33. The Hall–Kier alpha value is -2.99. The number of aldehydes is 1. The molecule has 0 amide bonds. The molecule has 0 unspecified atom stereocenters. The number of thiazole rings is 1. The van der Waals surface area contributed by atoms with E-state index in [4.69, 9.17) is 4.74 Å². The minimum Gasteiger partial charge on any atom is -0.494 e. The number of aromatic nitrogens is 2. The van der Waals surface area contributed by atoms with E-state index < -0.39 is 0 Å². The first-order valence-electron chi connectivity index (χ1n) is 8.15. The maximum atomic E-state index is 13.2. The van der Waals surface area contributed by atoms with Crippen molar-refractivity contribution in [3.8, 4) is 28.3 Å². The van der Waals surface area contributed by atoms with Gasteiger partial charge in [0.1, 0.15) is 23.0 Å². The second-order valence-corrected chi connectivity index (χ2v) is 6.50. The zero-order valence-electron chi connectivity index (χ0n) is 14.0. The maximum absolute atomic E-state index is 13.2. The lowest BCUT2D eigenvalue weighted by atomic mass is 10.1. The van der Waals surface area contributed by atoms with E-state index in [-0.39, 0.29) is 5.82 Å². The van der Waals surface area contributed by atoms with Crippen LogP contribution in [0.5, 0.6) is 5.75 Å². The highest BCUT2D eigenvalue weighted by atomic mass is 32.1. The summed E-state index contributed by atoms with van der Waals surface area (Å²) in [5.41, 5.74) is 3.57. The maximum Gasteiger partial charge on any atom is 0.195 e. The molecule has 4 nitrogen and oxygen atoms in total. The number of rotatable bonds is 5. The molecule has 4 aromatic rings. The van der Waals surface area contributed by atoms with Gasteiger partial charge in [-0.3, -0.25) is 9.20 Å². The average molecular weight is 366 g/mol. The van der Waals surface area contributed by atoms with Gasteiger partial charge < -0.3 is 4.74 Å². The van der Waals surface area contributed by atoms with Crippen LogP contribution in [0.15, 0.2) is 53.9 Å². The van der Waals surface area contributed by atoms with Crippen LogP contribution in [0.2, 0.25) is 0 Å². The zero-order chi connectivity index (χ0) is 18.1. The number of fused-ring (bicyclic) bond motifs is 1. The first-order valence-corrected chi connectivity index (χ1v) is 9.03. The fourth-order valence-corrected chi connectivity index (χ4v) is 3.80. The fraction of sp³-hybridized carbons (Fsp3) is 0.100. The lowest BCUT2D eigenvalue weighted by Crippen LogP contribution is -1.95. The first kappa shape index (κ1) is 16.5. The predicted octanol–water partition coefficient (Wildman–Crippen LogP) is 5.08. The van der Waals surface area contributed by atoms with E-state index in [1.807, 2.05) is 41.0 Å². The number of carbonyl (C=O) groups is 1. The summed E-state index contributed by atoms with van der Waals surface area (Å²) < 4.78 is 20.5. The summed E-state index contributed by atoms with van der Waals surface area (Å²) in [6.45, 7) is 2.55. The minimum atomic E-state index is -0.322. The Balaban J connectivity index is 1.84. The normalized spacial score (nSPS) is 11.0. The van der Waals surface area contributed by atoms with Crippen LogP contribution in [0.3, 0.4) is 0 Å². The Morgan fingerprint density at radius 3 is 2.46 bits per heavy atom. The topological polar surface area (TPSA) is 43.6 Å². The molecule has 0 saturated carbocycles. The summed E-state index contributed by atoms with van der Waals surface area (Å²) in [4.78, 5) is 17.1. The molecular weight excluding hydrogens is 351 g/mol. The van der Waals surface area contributed by atoms with Crippen molar-refractivity contribution < 1.29 is 13.9 Å². The van der Waals surface area contributed by atoms with Crippen LogP contribution in [0, 0.1) is 5.82 Å². The Morgan fingerprint density at radius 2 is 1.81 bits per heavy atom. The lowest BCUT2D eigenvalue weighted by Gasteiger charge is -2.05. The number of hydrogen-bond acceptors (Lipinski definition) is 4. The van der Waals surface area contributed by atoms with Gasteiger partial charge >= 0.3 is 0 Å². The van der Waals surface area contributed by atoms with E-state index in [1.165, 1.54) is 23.5 Å². The molecule has 2 heterocycles. The molecule has 0 aliphatic heterocycles. The monoisotopic (exact) mass is 366 g/mol. The predicted molar refractivity (Wildman–Crippen MR) is 100 cm³/mol. The van der Waals surface area contributed by atoms with E-state index in [2.05, 4.69) is 4.98 Å². The molecule has 0 aliphatic rings. The van der Waals surface area contributed by atoms with Crippen LogP contribution >= 0.6 is 11.3 Å². The lowest BCUT2D eigenvalue weighted by molar-refractivity contribution is 0.111. The van der Waals surface area contributed by atoms with Gasteiger partial charge in [0, 0.05) is 10.9 Å². The largest absolute Gasteiger partial charge is 0.494 e. The minimum absolute atomic E-state index is 0.322. The SMILES string of the molecule is CCOc1ccc(-c2csc3nc(-c4ccc(F)cc4)c(C=O)n23)cc1. The number of benzene rings is 2. The van der Waals surface area contributed by atoms with Gasteiger partial charge in [-0.1, -0.05) is 0 Å². The third-order valence-corrected chi connectivity index (χ3v) is 4.92. The first-order chi connectivity index (χ1) is 12.7. The summed E-state index contributed by atoms with van der Waals surface area (Å²) in [5.74, 6) is 0.480. The van der Waals surface area contributed by atoms with E-state index in [1.54, 1.807) is 12.1 Å². The molecule has 4 rings (SSSR count). The number of nitrogens with zero attached hydrogens (tertiary/aromatic N) is 2. The number of halogens is 1. The number of imidazole rings is 1. The Bertz CT molecular complexity index is 1070. The van der Waals surface area contributed by atoms with Crippen molar-refractivity contribution in [2.24, 2.45) is 0 Å². The summed E-state index contributed by atoms with van der Waals surface area (Å²) in [5, 5.41) is 1.97. The van der Waals surface area contributed by atoms with Crippen molar-refractivity contribution in [2.45, 2.75) is 6.92 Å². The van der Waals surface area contributed by atoms with E-state index in [0.29, 0.717) is 23.6 Å².